The number of carbonyl (C=O) groups is 1. The summed E-state index contributed by atoms with van der Waals surface area (Å²) < 4.78 is 0. The molecule has 0 fully saturated rings. The Balaban J connectivity index is 0. The molecule has 0 radical (unpaired) electrons. The van der Waals surface area contributed by atoms with Crippen LogP contribution in [-0.4, -0.2) is 28.8 Å². The number of carboxylic acids is 1. The average Bonchev–Trinajstić information content (AvgIpc) is 2.26. The normalized spacial score (nSPS) is 12.3. The maximum absolute atomic E-state index is 10.1. The second-order valence-electron chi connectivity index (χ2n) is 4.90. The second-order valence-corrected chi connectivity index (χ2v) is 4.90. The van der Waals surface area contributed by atoms with E-state index >= 15 is 0 Å². The van der Waals surface area contributed by atoms with Crippen molar-refractivity contribution in [1.82, 2.24) is 0 Å². The van der Waals surface area contributed by atoms with Crippen LogP contribution in [0.5, 0.6) is 0 Å². The molecule has 0 aliphatic carbocycles. The van der Waals surface area contributed by atoms with Crippen molar-refractivity contribution in [1.29, 1.82) is 0 Å². The standard InChI is InChI=1S/C7H14O.C6H13NO2/c1-4-5-7(2,3)6-8;1-2-3-4-5(7)6(8)9/h4,8H,1,5-6H2,2-3H3;5H,2-4,7H2,1H3,(H,8,9)/t;5-/m.0/s1. The van der Waals surface area contributed by atoms with Gasteiger partial charge in [-0.3, -0.25) is 4.79 Å². The van der Waals surface area contributed by atoms with Crippen molar-refractivity contribution in [2.24, 2.45) is 11.1 Å². The van der Waals surface area contributed by atoms with Gasteiger partial charge >= 0.3 is 5.97 Å². The van der Waals surface area contributed by atoms with Crippen LogP contribution in [0.4, 0.5) is 0 Å². The van der Waals surface area contributed by atoms with Gasteiger partial charge in [0.2, 0.25) is 0 Å². The molecule has 4 nitrogen and oxygen atoms in total. The van der Waals surface area contributed by atoms with Gasteiger partial charge in [-0.1, -0.05) is 39.7 Å². The van der Waals surface area contributed by atoms with Gasteiger partial charge in [0, 0.05) is 6.61 Å². The Morgan fingerprint density at radius 2 is 2.06 bits per heavy atom. The largest absolute Gasteiger partial charge is 0.480 e. The summed E-state index contributed by atoms with van der Waals surface area (Å²) in [4.78, 5) is 10.1. The predicted octanol–water partition coefficient (Wildman–Crippen LogP) is 2.17. The molecule has 102 valence electrons. The Morgan fingerprint density at radius 1 is 1.53 bits per heavy atom. The number of aliphatic hydroxyl groups is 1. The van der Waals surface area contributed by atoms with E-state index in [1.54, 1.807) is 0 Å². The van der Waals surface area contributed by atoms with Crippen LogP contribution in [0.1, 0.15) is 46.5 Å². The highest BCUT2D eigenvalue weighted by Gasteiger charge is 2.12. The summed E-state index contributed by atoms with van der Waals surface area (Å²) in [6, 6.07) is -0.662. The van der Waals surface area contributed by atoms with Gasteiger partial charge in [-0.2, -0.15) is 0 Å². The van der Waals surface area contributed by atoms with Crippen molar-refractivity contribution in [3.8, 4) is 0 Å². The first-order valence-corrected chi connectivity index (χ1v) is 6.00. The molecule has 4 heteroatoms. The zero-order valence-electron chi connectivity index (χ0n) is 11.3. The number of rotatable bonds is 7. The molecule has 0 saturated carbocycles. The van der Waals surface area contributed by atoms with Crippen LogP contribution in [0.3, 0.4) is 0 Å². The molecule has 1 atom stereocenters. The van der Waals surface area contributed by atoms with E-state index in [1.165, 1.54) is 0 Å². The molecule has 0 amide bonds. The van der Waals surface area contributed by atoms with E-state index in [2.05, 4.69) is 6.58 Å². The minimum absolute atomic E-state index is 0.0295. The van der Waals surface area contributed by atoms with Crippen molar-refractivity contribution in [3.05, 3.63) is 12.7 Å². The molecule has 0 saturated heterocycles. The van der Waals surface area contributed by atoms with Gasteiger partial charge in [0.25, 0.3) is 0 Å². The lowest BCUT2D eigenvalue weighted by Gasteiger charge is -2.18. The topological polar surface area (TPSA) is 83.5 Å². The molecule has 4 N–H and O–H groups in total. The fraction of sp³-hybridized carbons (Fsp3) is 0.769. The molecule has 0 unspecified atom stereocenters. The van der Waals surface area contributed by atoms with Crippen molar-refractivity contribution in [2.45, 2.75) is 52.5 Å². The van der Waals surface area contributed by atoms with Gasteiger partial charge in [0.05, 0.1) is 0 Å². The minimum Gasteiger partial charge on any atom is -0.480 e. The van der Waals surface area contributed by atoms with Crippen molar-refractivity contribution < 1.29 is 15.0 Å². The SMILES string of the molecule is C=CCC(C)(C)CO.CCCC[C@H](N)C(=O)O. The van der Waals surface area contributed by atoms with Gasteiger partial charge in [-0.15, -0.1) is 6.58 Å². The number of hydrogen-bond donors (Lipinski definition) is 3. The summed E-state index contributed by atoms with van der Waals surface area (Å²) in [5.41, 5.74) is 5.23. The number of allylic oxidation sites excluding steroid dienone is 1. The van der Waals surface area contributed by atoms with E-state index in [4.69, 9.17) is 15.9 Å². The summed E-state index contributed by atoms with van der Waals surface area (Å²) in [5, 5.41) is 17.0. The first kappa shape index (κ1) is 18.5. The lowest BCUT2D eigenvalue weighted by Crippen LogP contribution is -2.29. The summed E-state index contributed by atoms with van der Waals surface area (Å²) in [5.74, 6) is -0.900. The monoisotopic (exact) mass is 245 g/mol. The molecule has 0 bridgehead atoms. The predicted molar refractivity (Wildman–Crippen MR) is 70.8 cm³/mol. The first-order valence-electron chi connectivity index (χ1n) is 6.00. The quantitative estimate of drug-likeness (QED) is 0.600. The molecule has 0 aliphatic rings. The summed E-state index contributed by atoms with van der Waals surface area (Å²) in [6.45, 7) is 9.84. The molecule has 0 aromatic carbocycles. The van der Waals surface area contributed by atoms with E-state index in [1.807, 2.05) is 26.8 Å². The molecular formula is C13H27NO3. The second kappa shape index (κ2) is 10.3. The summed E-state index contributed by atoms with van der Waals surface area (Å²) in [6.07, 6.45) is 5.19. The third-order valence-electron chi connectivity index (χ3n) is 2.31. The number of nitrogens with two attached hydrogens (primary N) is 1. The number of aliphatic hydroxyl groups excluding tert-OH is 1. The maximum Gasteiger partial charge on any atom is 0.320 e. The number of hydrogen-bond acceptors (Lipinski definition) is 3. The highest BCUT2D eigenvalue weighted by atomic mass is 16.4. The minimum atomic E-state index is -0.900. The molecular weight excluding hydrogens is 218 g/mol. The van der Waals surface area contributed by atoms with E-state index < -0.39 is 12.0 Å². The zero-order chi connectivity index (χ0) is 13.9. The van der Waals surface area contributed by atoms with Gasteiger partial charge in [0.1, 0.15) is 6.04 Å². The van der Waals surface area contributed by atoms with Crippen LogP contribution in [0.25, 0.3) is 0 Å². The molecule has 0 aromatic heterocycles. The summed E-state index contributed by atoms with van der Waals surface area (Å²) in [7, 11) is 0. The van der Waals surface area contributed by atoms with Crippen molar-refractivity contribution >= 4 is 5.97 Å². The van der Waals surface area contributed by atoms with Crippen LogP contribution in [0, 0.1) is 5.41 Å². The molecule has 0 aromatic rings. The first-order chi connectivity index (χ1) is 7.80. The molecule has 0 spiro atoms. The number of carboxylic acid groups (broad SMARTS) is 1. The molecule has 0 heterocycles. The van der Waals surface area contributed by atoms with Crippen molar-refractivity contribution in [2.75, 3.05) is 6.61 Å². The Bertz CT molecular complexity index is 215. The third kappa shape index (κ3) is 13.1. The van der Waals surface area contributed by atoms with Crippen LogP contribution < -0.4 is 5.73 Å². The van der Waals surface area contributed by atoms with E-state index in [9.17, 15) is 4.79 Å². The van der Waals surface area contributed by atoms with Crippen LogP contribution >= 0.6 is 0 Å². The summed E-state index contributed by atoms with van der Waals surface area (Å²) >= 11 is 0. The fourth-order valence-corrected chi connectivity index (χ4v) is 1.00. The molecule has 0 rings (SSSR count). The van der Waals surface area contributed by atoms with E-state index in [-0.39, 0.29) is 12.0 Å². The molecule has 17 heavy (non-hydrogen) atoms. The lowest BCUT2D eigenvalue weighted by atomic mass is 9.91. The Labute approximate surface area is 105 Å². The maximum atomic E-state index is 10.1. The van der Waals surface area contributed by atoms with Crippen LogP contribution in [0.15, 0.2) is 12.7 Å². The highest BCUT2D eigenvalue weighted by Crippen LogP contribution is 2.18. The van der Waals surface area contributed by atoms with Crippen LogP contribution in [0.2, 0.25) is 0 Å². The van der Waals surface area contributed by atoms with Gasteiger partial charge in [0.15, 0.2) is 0 Å². The Kier molecular flexibility index (Phi) is 11.2. The van der Waals surface area contributed by atoms with Crippen LogP contribution in [-0.2, 0) is 4.79 Å². The van der Waals surface area contributed by atoms with Gasteiger partial charge in [-0.05, 0) is 18.3 Å². The number of unbranched alkanes of at least 4 members (excludes halogenated alkanes) is 1. The third-order valence-corrected chi connectivity index (χ3v) is 2.31. The smallest absolute Gasteiger partial charge is 0.320 e. The average molecular weight is 245 g/mol. The number of aliphatic carboxylic acids is 1. The van der Waals surface area contributed by atoms with Crippen molar-refractivity contribution in [3.63, 3.8) is 0 Å². The van der Waals surface area contributed by atoms with Gasteiger partial charge < -0.3 is 15.9 Å². The highest BCUT2D eigenvalue weighted by molar-refractivity contribution is 5.72. The Morgan fingerprint density at radius 3 is 2.29 bits per heavy atom. The van der Waals surface area contributed by atoms with Gasteiger partial charge in [-0.25, -0.2) is 0 Å². The molecule has 0 aliphatic heterocycles. The lowest BCUT2D eigenvalue weighted by molar-refractivity contribution is -0.138. The fourth-order valence-electron chi connectivity index (χ4n) is 1.00. The zero-order valence-corrected chi connectivity index (χ0v) is 11.3. The Hall–Kier alpha value is -0.870. The van der Waals surface area contributed by atoms with E-state index in [0.717, 1.165) is 19.3 Å². The van der Waals surface area contributed by atoms with E-state index in [0.29, 0.717) is 6.42 Å².